The average Bonchev–Trinajstić information content (AvgIpc) is 2.73. The number of nitrogens with two attached hydrogens (primary N) is 1. The predicted octanol–water partition coefficient (Wildman–Crippen LogP) is 2.39. The number of hydrogen-bond acceptors (Lipinski definition) is 7. The largest absolute Gasteiger partial charge is 0.390 e. The molecule has 0 saturated heterocycles. The molecule has 7 atom stereocenters. The Bertz CT molecular complexity index is 745. The van der Waals surface area contributed by atoms with Gasteiger partial charge in [-0.1, -0.05) is 25.1 Å². The number of pyridine rings is 1. The van der Waals surface area contributed by atoms with Crippen molar-refractivity contribution < 1.29 is 15.3 Å². The van der Waals surface area contributed by atoms with E-state index in [0.717, 1.165) is 16.0 Å². The van der Waals surface area contributed by atoms with E-state index in [9.17, 15) is 15.3 Å². The summed E-state index contributed by atoms with van der Waals surface area (Å²) < 4.78 is 0. The second kappa shape index (κ2) is 9.61. The number of benzene rings is 1. The maximum atomic E-state index is 10.5. The van der Waals surface area contributed by atoms with Gasteiger partial charge < -0.3 is 21.1 Å². The normalized spacial score (nSPS) is 30.0. The zero-order valence-corrected chi connectivity index (χ0v) is 17.7. The molecule has 1 aliphatic carbocycles. The van der Waals surface area contributed by atoms with Gasteiger partial charge in [-0.3, -0.25) is 4.98 Å². The molecule has 152 valence electrons. The van der Waals surface area contributed by atoms with E-state index in [2.05, 4.69) is 29.2 Å². The summed E-state index contributed by atoms with van der Waals surface area (Å²) in [6, 6.07) is 11.9. The van der Waals surface area contributed by atoms with Crippen LogP contribution in [0.25, 0.3) is 11.1 Å². The molecule has 2 unspecified atom stereocenters. The lowest BCUT2D eigenvalue weighted by Gasteiger charge is -2.43. The van der Waals surface area contributed by atoms with Crippen LogP contribution in [0.4, 0.5) is 0 Å². The number of aromatic nitrogens is 1. The summed E-state index contributed by atoms with van der Waals surface area (Å²) in [5.41, 5.74) is 8.67. The summed E-state index contributed by atoms with van der Waals surface area (Å²) in [6.07, 6.45) is 3.01. The van der Waals surface area contributed by atoms with Gasteiger partial charge in [0, 0.05) is 39.7 Å². The van der Waals surface area contributed by atoms with Gasteiger partial charge in [0.25, 0.3) is 0 Å². The molecular weight excluding hydrogens is 392 g/mol. The lowest BCUT2D eigenvalue weighted by Crippen LogP contribution is -2.58. The number of nitrogens with zero attached hydrogens (tertiary/aromatic N) is 1. The fourth-order valence-electron chi connectivity index (χ4n) is 3.74. The first kappa shape index (κ1) is 21.6. The third-order valence-corrected chi connectivity index (χ3v) is 7.84. The molecule has 0 radical (unpaired) electrons. The van der Waals surface area contributed by atoms with Gasteiger partial charge in [-0.2, -0.15) is 11.8 Å². The number of thioether (sulfide) groups is 2. The van der Waals surface area contributed by atoms with Gasteiger partial charge in [0.1, 0.15) is 6.10 Å². The highest BCUT2D eigenvalue weighted by atomic mass is 32.2. The molecule has 5 N–H and O–H groups in total. The van der Waals surface area contributed by atoms with Gasteiger partial charge in [-0.25, -0.2) is 0 Å². The van der Waals surface area contributed by atoms with Crippen LogP contribution in [0.3, 0.4) is 0 Å². The molecular formula is C21H28N2O3S2. The van der Waals surface area contributed by atoms with Crippen molar-refractivity contribution in [2.24, 2.45) is 11.7 Å². The van der Waals surface area contributed by atoms with Crippen LogP contribution in [0, 0.1) is 5.92 Å². The maximum Gasteiger partial charge on any atom is 0.107 e. The highest BCUT2D eigenvalue weighted by Crippen LogP contribution is 2.37. The smallest absolute Gasteiger partial charge is 0.107 e. The molecule has 1 aromatic heterocycles. The number of rotatable bonds is 6. The van der Waals surface area contributed by atoms with E-state index in [4.69, 9.17) is 5.73 Å². The van der Waals surface area contributed by atoms with Crippen LogP contribution in [0.2, 0.25) is 0 Å². The molecule has 1 aliphatic rings. The average molecular weight is 421 g/mol. The van der Waals surface area contributed by atoms with Gasteiger partial charge in [0.05, 0.1) is 12.2 Å². The summed E-state index contributed by atoms with van der Waals surface area (Å²) in [5, 5.41) is 30.7. The third kappa shape index (κ3) is 4.72. The zero-order chi connectivity index (χ0) is 20.3. The van der Waals surface area contributed by atoms with Crippen LogP contribution in [-0.2, 0) is 0 Å². The fourth-order valence-corrected chi connectivity index (χ4v) is 5.68. The number of aliphatic hydroxyl groups excluding tert-OH is 3. The third-order valence-electron chi connectivity index (χ3n) is 5.53. The van der Waals surface area contributed by atoms with Gasteiger partial charge >= 0.3 is 0 Å². The molecule has 3 rings (SSSR count). The minimum Gasteiger partial charge on any atom is -0.390 e. The minimum absolute atomic E-state index is 0.0499. The molecule has 1 saturated carbocycles. The van der Waals surface area contributed by atoms with Crippen molar-refractivity contribution in [3.8, 4) is 11.1 Å². The van der Waals surface area contributed by atoms with Crippen molar-refractivity contribution in [2.45, 2.75) is 53.1 Å². The highest BCUT2D eigenvalue weighted by molar-refractivity contribution is 8.00. The van der Waals surface area contributed by atoms with Crippen LogP contribution in [-0.4, -0.2) is 61.4 Å². The molecule has 1 fully saturated rings. The Labute approximate surface area is 174 Å². The Hall–Kier alpha value is -1.09. The number of aliphatic hydroxyl groups is 3. The quantitative estimate of drug-likeness (QED) is 0.533. The summed E-state index contributed by atoms with van der Waals surface area (Å²) in [4.78, 5) is 5.25. The van der Waals surface area contributed by atoms with E-state index >= 15 is 0 Å². The van der Waals surface area contributed by atoms with Crippen molar-refractivity contribution in [1.29, 1.82) is 0 Å². The van der Waals surface area contributed by atoms with Gasteiger partial charge in [0.15, 0.2) is 0 Å². The maximum absolute atomic E-state index is 10.5. The Kier molecular flexibility index (Phi) is 7.42. The topological polar surface area (TPSA) is 99.6 Å². The summed E-state index contributed by atoms with van der Waals surface area (Å²) in [6.45, 7) is 2.04. The van der Waals surface area contributed by atoms with E-state index in [1.807, 2.05) is 31.5 Å². The Morgan fingerprint density at radius 1 is 1.04 bits per heavy atom. The summed E-state index contributed by atoms with van der Waals surface area (Å²) in [5.74, 6) is -0.256. The molecule has 1 heterocycles. The van der Waals surface area contributed by atoms with Crippen molar-refractivity contribution >= 4 is 23.5 Å². The second-order valence-corrected chi connectivity index (χ2v) is 9.84. The Morgan fingerprint density at radius 2 is 1.75 bits per heavy atom. The highest BCUT2D eigenvalue weighted by Gasteiger charge is 2.45. The molecule has 5 nitrogen and oxygen atoms in total. The fraction of sp³-hybridized carbons (Fsp3) is 0.476. The first-order valence-corrected chi connectivity index (χ1v) is 11.6. The van der Waals surface area contributed by atoms with Gasteiger partial charge in [-0.15, -0.1) is 11.8 Å². The van der Waals surface area contributed by atoms with E-state index in [-0.39, 0.29) is 22.5 Å². The lowest BCUT2D eigenvalue weighted by atomic mass is 9.77. The van der Waals surface area contributed by atoms with E-state index in [0.29, 0.717) is 6.42 Å². The van der Waals surface area contributed by atoms with Crippen molar-refractivity contribution in [2.75, 3.05) is 6.26 Å². The summed E-state index contributed by atoms with van der Waals surface area (Å²) in [7, 11) is 0. The van der Waals surface area contributed by atoms with Gasteiger partial charge in [-0.05, 0) is 42.0 Å². The van der Waals surface area contributed by atoms with Crippen LogP contribution < -0.4 is 5.73 Å². The first-order chi connectivity index (χ1) is 13.4. The van der Waals surface area contributed by atoms with Crippen molar-refractivity contribution in [1.82, 2.24) is 4.98 Å². The molecule has 0 spiro atoms. The van der Waals surface area contributed by atoms with Crippen LogP contribution in [0.1, 0.15) is 13.3 Å². The summed E-state index contributed by atoms with van der Waals surface area (Å²) >= 11 is 3.17. The van der Waals surface area contributed by atoms with E-state index in [1.54, 1.807) is 18.0 Å². The molecule has 28 heavy (non-hydrogen) atoms. The van der Waals surface area contributed by atoms with Crippen LogP contribution in [0.15, 0.2) is 53.7 Å². The zero-order valence-electron chi connectivity index (χ0n) is 16.1. The number of hydrogen-bond donors (Lipinski definition) is 4. The molecule has 1 aromatic carbocycles. The molecule has 0 aliphatic heterocycles. The van der Waals surface area contributed by atoms with Crippen molar-refractivity contribution in [3.05, 3.63) is 48.8 Å². The molecule has 2 aromatic rings. The van der Waals surface area contributed by atoms with Gasteiger partial charge in [0.2, 0.25) is 0 Å². The second-order valence-electron chi connectivity index (χ2n) is 7.31. The first-order valence-electron chi connectivity index (χ1n) is 9.42. The van der Waals surface area contributed by atoms with Crippen LogP contribution in [0.5, 0.6) is 0 Å². The Morgan fingerprint density at radius 3 is 2.36 bits per heavy atom. The van der Waals surface area contributed by atoms with Crippen LogP contribution >= 0.6 is 23.5 Å². The molecule has 7 heteroatoms. The standard InChI is InChI=1S/C21H28N2O3S2/c1-12(18(22)16-10-17(27-2)20(25)21(26)19(16)24)28-15-7-5-13(6-8-15)14-4-3-9-23-11-14/h3-9,11-12,16-21,24-26H,10,22H2,1-2H3/t12-,16+,17?,18+,19?,20-,21+/m0/s1. The van der Waals surface area contributed by atoms with Crippen molar-refractivity contribution in [3.63, 3.8) is 0 Å². The predicted molar refractivity (Wildman–Crippen MR) is 116 cm³/mol. The van der Waals surface area contributed by atoms with E-state index < -0.39 is 18.3 Å². The van der Waals surface area contributed by atoms with E-state index in [1.165, 1.54) is 11.8 Å². The molecule has 0 bridgehead atoms. The SMILES string of the molecule is CSC1C[C@H]([C@H](N)[C@H](C)Sc2ccc(-c3cccnc3)cc2)C(O)[C@@H](O)[C@H]1O. The minimum atomic E-state index is -1.15. The molecule has 0 amide bonds. The lowest BCUT2D eigenvalue weighted by molar-refractivity contribution is -0.111. The monoisotopic (exact) mass is 420 g/mol. The Balaban J connectivity index is 1.66.